The smallest absolute Gasteiger partial charge is 0.224 e. The number of nitrogens with one attached hydrogen (secondary N) is 1. The summed E-state index contributed by atoms with van der Waals surface area (Å²) < 4.78 is 13.3. The van der Waals surface area contributed by atoms with Gasteiger partial charge >= 0.3 is 0 Å². The molecule has 1 rings (SSSR count). The Labute approximate surface area is 103 Å². The molecule has 1 aromatic carbocycles. The van der Waals surface area contributed by atoms with Gasteiger partial charge in [0.2, 0.25) is 5.91 Å². The summed E-state index contributed by atoms with van der Waals surface area (Å²) in [6, 6.07) is 4.41. The van der Waals surface area contributed by atoms with Gasteiger partial charge in [-0.1, -0.05) is 20.8 Å². The molecule has 0 radical (unpaired) electrons. The predicted molar refractivity (Wildman–Crippen MR) is 66.8 cm³/mol. The molecule has 0 aliphatic heterocycles. The van der Waals surface area contributed by atoms with Crippen LogP contribution in [-0.4, -0.2) is 5.91 Å². The number of halogens is 2. The Morgan fingerprint density at radius 1 is 1.44 bits per heavy atom. The van der Waals surface area contributed by atoms with Crippen LogP contribution in [0.5, 0.6) is 0 Å². The Morgan fingerprint density at radius 3 is 2.56 bits per heavy atom. The zero-order chi connectivity index (χ0) is 12.3. The van der Waals surface area contributed by atoms with E-state index >= 15 is 0 Å². The number of hydrogen-bond acceptors (Lipinski definition) is 1. The molecule has 1 amide bonds. The fourth-order valence-corrected chi connectivity index (χ4v) is 1.64. The summed E-state index contributed by atoms with van der Waals surface area (Å²) in [5.41, 5.74) is 0.545. The third-order valence-electron chi connectivity index (χ3n) is 1.89. The first-order valence-electron chi connectivity index (χ1n) is 5.03. The number of carbonyl (C=O) groups is 1. The lowest BCUT2D eigenvalue weighted by molar-refractivity contribution is -0.117. The van der Waals surface area contributed by atoms with Gasteiger partial charge < -0.3 is 5.32 Å². The number of hydrogen-bond donors (Lipinski definition) is 1. The van der Waals surface area contributed by atoms with Crippen molar-refractivity contribution in [3.8, 4) is 0 Å². The molecule has 0 aliphatic carbocycles. The molecule has 4 heteroatoms. The van der Waals surface area contributed by atoms with Crippen LogP contribution in [0, 0.1) is 11.2 Å². The average Bonchev–Trinajstić information content (AvgIpc) is 2.08. The van der Waals surface area contributed by atoms with Crippen molar-refractivity contribution in [2.24, 2.45) is 5.41 Å². The van der Waals surface area contributed by atoms with Gasteiger partial charge in [-0.3, -0.25) is 4.79 Å². The summed E-state index contributed by atoms with van der Waals surface area (Å²) in [5.74, 6) is -0.403. The molecule has 0 atom stereocenters. The van der Waals surface area contributed by atoms with Gasteiger partial charge in [-0.2, -0.15) is 0 Å². The summed E-state index contributed by atoms with van der Waals surface area (Å²) >= 11 is 3.07. The van der Waals surface area contributed by atoms with Crippen molar-refractivity contribution < 1.29 is 9.18 Å². The van der Waals surface area contributed by atoms with Gasteiger partial charge in [-0.05, 0) is 39.5 Å². The Balaban J connectivity index is 2.67. The van der Waals surface area contributed by atoms with Crippen LogP contribution in [0.25, 0.3) is 0 Å². The van der Waals surface area contributed by atoms with Crippen LogP contribution in [0.1, 0.15) is 27.2 Å². The number of amides is 1. The molecule has 0 heterocycles. The second-order valence-electron chi connectivity index (χ2n) is 4.91. The van der Waals surface area contributed by atoms with Gasteiger partial charge in [-0.25, -0.2) is 4.39 Å². The monoisotopic (exact) mass is 287 g/mol. The molecule has 1 N–H and O–H groups in total. The van der Waals surface area contributed by atoms with Gasteiger partial charge in [0, 0.05) is 12.1 Å². The summed E-state index contributed by atoms with van der Waals surface area (Å²) in [6.45, 7) is 5.98. The zero-order valence-electron chi connectivity index (χ0n) is 9.60. The molecule has 0 saturated carbocycles. The van der Waals surface area contributed by atoms with E-state index in [-0.39, 0.29) is 17.1 Å². The second kappa shape index (κ2) is 4.95. The van der Waals surface area contributed by atoms with Crippen LogP contribution in [0.3, 0.4) is 0 Å². The van der Waals surface area contributed by atoms with Crippen LogP contribution in [0.2, 0.25) is 0 Å². The van der Waals surface area contributed by atoms with Gasteiger partial charge in [0.25, 0.3) is 0 Å². The Morgan fingerprint density at radius 2 is 2.06 bits per heavy atom. The van der Waals surface area contributed by atoms with E-state index in [2.05, 4.69) is 21.2 Å². The standard InChI is InChI=1S/C12H15BrFNO/c1-12(2,3)7-11(16)15-8-4-5-10(14)9(13)6-8/h4-6H,7H2,1-3H3,(H,15,16). The number of anilines is 1. The van der Waals surface area contributed by atoms with Gasteiger partial charge in [0.05, 0.1) is 4.47 Å². The minimum Gasteiger partial charge on any atom is -0.326 e. The molecule has 1 aromatic rings. The average molecular weight is 288 g/mol. The predicted octanol–water partition coefficient (Wildman–Crippen LogP) is 3.96. The maximum Gasteiger partial charge on any atom is 0.224 e. The number of carbonyl (C=O) groups excluding carboxylic acids is 1. The molecule has 16 heavy (non-hydrogen) atoms. The van der Waals surface area contributed by atoms with Crippen molar-refractivity contribution in [3.63, 3.8) is 0 Å². The fraction of sp³-hybridized carbons (Fsp3) is 0.417. The van der Waals surface area contributed by atoms with Gasteiger partial charge in [0.1, 0.15) is 5.82 Å². The lowest BCUT2D eigenvalue weighted by atomic mass is 9.92. The third kappa shape index (κ3) is 4.31. The Kier molecular flexibility index (Phi) is 4.08. The zero-order valence-corrected chi connectivity index (χ0v) is 11.2. The largest absolute Gasteiger partial charge is 0.326 e. The Hall–Kier alpha value is -0.900. The van der Waals surface area contributed by atoms with Crippen molar-refractivity contribution in [2.75, 3.05) is 5.32 Å². The quantitative estimate of drug-likeness (QED) is 0.876. The molecule has 88 valence electrons. The Bertz CT molecular complexity index is 398. The van der Waals surface area contributed by atoms with E-state index in [1.54, 1.807) is 12.1 Å². The highest BCUT2D eigenvalue weighted by Crippen LogP contribution is 2.22. The van der Waals surface area contributed by atoms with Crippen LogP contribution in [0.4, 0.5) is 10.1 Å². The molecular weight excluding hydrogens is 273 g/mol. The minimum absolute atomic E-state index is 0.0542. The summed E-state index contributed by atoms with van der Waals surface area (Å²) in [6.07, 6.45) is 0.433. The third-order valence-corrected chi connectivity index (χ3v) is 2.50. The minimum atomic E-state index is -0.339. The van der Waals surface area contributed by atoms with E-state index in [1.807, 2.05) is 20.8 Å². The molecule has 0 bridgehead atoms. The highest BCUT2D eigenvalue weighted by atomic mass is 79.9. The first-order chi connectivity index (χ1) is 7.28. The van der Waals surface area contributed by atoms with Crippen molar-refractivity contribution in [1.82, 2.24) is 0 Å². The van der Waals surface area contributed by atoms with Crippen molar-refractivity contribution in [3.05, 3.63) is 28.5 Å². The van der Waals surface area contributed by atoms with E-state index in [9.17, 15) is 9.18 Å². The van der Waals surface area contributed by atoms with E-state index < -0.39 is 0 Å². The summed E-state index contributed by atoms with van der Waals surface area (Å²) in [5, 5.41) is 2.73. The second-order valence-corrected chi connectivity index (χ2v) is 5.77. The van der Waals surface area contributed by atoms with Gasteiger partial charge in [-0.15, -0.1) is 0 Å². The van der Waals surface area contributed by atoms with Crippen molar-refractivity contribution in [1.29, 1.82) is 0 Å². The lowest BCUT2D eigenvalue weighted by Crippen LogP contribution is -2.19. The normalized spacial score (nSPS) is 11.3. The molecule has 0 fully saturated rings. The van der Waals surface area contributed by atoms with Crippen molar-refractivity contribution in [2.45, 2.75) is 27.2 Å². The number of benzene rings is 1. The molecular formula is C12H15BrFNO. The lowest BCUT2D eigenvalue weighted by Gasteiger charge is -2.17. The van der Waals surface area contributed by atoms with Gasteiger partial charge in [0.15, 0.2) is 0 Å². The first kappa shape index (κ1) is 13.2. The maximum absolute atomic E-state index is 12.9. The highest BCUT2D eigenvalue weighted by molar-refractivity contribution is 9.10. The van der Waals surface area contributed by atoms with Crippen LogP contribution in [-0.2, 0) is 4.79 Å². The molecule has 0 spiro atoms. The fourth-order valence-electron chi connectivity index (χ4n) is 1.26. The van der Waals surface area contributed by atoms with E-state index in [1.165, 1.54) is 6.07 Å². The molecule has 0 unspecified atom stereocenters. The van der Waals surface area contributed by atoms with Crippen LogP contribution < -0.4 is 5.32 Å². The van der Waals surface area contributed by atoms with E-state index in [4.69, 9.17) is 0 Å². The molecule has 0 saturated heterocycles. The SMILES string of the molecule is CC(C)(C)CC(=O)Nc1ccc(F)c(Br)c1. The van der Waals surface area contributed by atoms with E-state index in [0.29, 0.717) is 16.6 Å². The number of rotatable bonds is 2. The van der Waals surface area contributed by atoms with E-state index in [0.717, 1.165) is 0 Å². The molecule has 2 nitrogen and oxygen atoms in total. The summed E-state index contributed by atoms with van der Waals surface area (Å²) in [4.78, 5) is 11.6. The maximum atomic E-state index is 12.9. The molecule has 0 aromatic heterocycles. The molecule has 0 aliphatic rings. The van der Waals surface area contributed by atoms with Crippen molar-refractivity contribution >= 4 is 27.5 Å². The summed E-state index contributed by atoms with van der Waals surface area (Å²) in [7, 11) is 0. The van der Waals surface area contributed by atoms with Crippen LogP contribution in [0.15, 0.2) is 22.7 Å². The first-order valence-corrected chi connectivity index (χ1v) is 5.82. The highest BCUT2D eigenvalue weighted by Gasteiger charge is 2.16. The topological polar surface area (TPSA) is 29.1 Å². The van der Waals surface area contributed by atoms with Crippen LogP contribution >= 0.6 is 15.9 Å².